The Labute approximate surface area is 58.3 Å². The molecule has 0 rings (SSSR count). The molecule has 0 unspecified atom stereocenters. The second-order valence-electron chi connectivity index (χ2n) is 2.03. The number of unbranched alkanes of at least 4 members (excludes halogenated alkanes) is 1. The van der Waals surface area contributed by atoms with Crippen LogP contribution in [0.25, 0.3) is 0 Å². The second-order valence-corrected chi connectivity index (χ2v) is 2.03. The molecule has 0 fully saturated rings. The third-order valence-electron chi connectivity index (χ3n) is 1.14. The topological polar surface area (TPSA) is 0 Å². The molecular formula is C9H16. The lowest BCUT2D eigenvalue weighted by Gasteiger charge is -1.83. The van der Waals surface area contributed by atoms with Crippen molar-refractivity contribution < 1.29 is 0 Å². The fourth-order valence-corrected chi connectivity index (χ4v) is 0.644. The predicted molar refractivity (Wildman–Crippen MR) is 43.5 cm³/mol. The minimum absolute atomic E-state index is 1.16. The van der Waals surface area contributed by atoms with E-state index in [1.54, 1.807) is 0 Å². The van der Waals surface area contributed by atoms with Gasteiger partial charge in [-0.2, -0.15) is 0 Å². The molecule has 0 aromatic rings. The van der Waals surface area contributed by atoms with Gasteiger partial charge in [0.2, 0.25) is 0 Å². The van der Waals surface area contributed by atoms with Crippen molar-refractivity contribution in [3.63, 3.8) is 0 Å². The standard InChI is InChI=1S/C9H16/c1-3-5-7-9-8-6-4-2/h3,5-6,8H,4,7,9H2,1-2H3. The van der Waals surface area contributed by atoms with Gasteiger partial charge >= 0.3 is 0 Å². The first-order valence-electron chi connectivity index (χ1n) is 3.68. The summed E-state index contributed by atoms with van der Waals surface area (Å²) in [5.74, 6) is 0. The van der Waals surface area contributed by atoms with Crippen molar-refractivity contribution in [3.05, 3.63) is 24.3 Å². The summed E-state index contributed by atoms with van der Waals surface area (Å²) < 4.78 is 0. The first-order chi connectivity index (χ1) is 4.41. The van der Waals surface area contributed by atoms with Gasteiger partial charge in [0.25, 0.3) is 0 Å². The SMILES string of the molecule is CC=CCCC=CCC. The van der Waals surface area contributed by atoms with E-state index in [4.69, 9.17) is 0 Å². The van der Waals surface area contributed by atoms with E-state index in [1.165, 1.54) is 12.8 Å². The minimum Gasteiger partial charge on any atom is -0.0917 e. The molecule has 0 aliphatic carbocycles. The van der Waals surface area contributed by atoms with Crippen molar-refractivity contribution in [2.24, 2.45) is 0 Å². The molecule has 0 atom stereocenters. The van der Waals surface area contributed by atoms with Crippen LogP contribution < -0.4 is 0 Å². The number of hydrogen-bond donors (Lipinski definition) is 0. The highest BCUT2D eigenvalue weighted by Gasteiger charge is 1.72. The number of hydrogen-bond acceptors (Lipinski definition) is 0. The fourth-order valence-electron chi connectivity index (χ4n) is 0.644. The highest BCUT2D eigenvalue weighted by Crippen LogP contribution is 1.93. The van der Waals surface area contributed by atoms with Gasteiger partial charge in [-0.1, -0.05) is 31.2 Å². The van der Waals surface area contributed by atoms with Crippen LogP contribution >= 0.6 is 0 Å². The third-order valence-corrected chi connectivity index (χ3v) is 1.14. The molecule has 0 amide bonds. The van der Waals surface area contributed by atoms with Crippen molar-refractivity contribution >= 4 is 0 Å². The third kappa shape index (κ3) is 7.48. The molecular weight excluding hydrogens is 108 g/mol. The van der Waals surface area contributed by atoms with E-state index in [2.05, 4.69) is 38.2 Å². The zero-order valence-corrected chi connectivity index (χ0v) is 6.43. The second kappa shape index (κ2) is 7.48. The van der Waals surface area contributed by atoms with Crippen LogP contribution in [0.5, 0.6) is 0 Å². The Morgan fingerprint density at radius 1 is 1.00 bits per heavy atom. The lowest BCUT2D eigenvalue weighted by molar-refractivity contribution is 1.03. The monoisotopic (exact) mass is 124 g/mol. The predicted octanol–water partition coefficient (Wildman–Crippen LogP) is 3.31. The van der Waals surface area contributed by atoms with E-state index in [-0.39, 0.29) is 0 Å². The molecule has 0 aromatic carbocycles. The summed E-state index contributed by atoms with van der Waals surface area (Å²) in [6, 6.07) is 0. The van der Waals surface area contributed by atoms with Crippen LogP contribution in [0.3, 0.4) is 0 Å². The van der Waals surface area contributed by atoms with Crippen molar-refractivity contribution in [2.45, 2.75) is 33.1 Å². The minimum atomic E-state index is 1.16. The molecule has 0 N–H and O–H groups in total. The van der Waals surface area contributed by atoms with E-state index >= 15 is 0 Å². The molecule has 0 heterocycles. The van der Waals surface area contributed by atoms with E-state index in [0.717, 1.165) is 6.42 Å². The summed E-state index contributed by atoms with van der Waals surface area (Å²) in [6.45, 7) is 4.22. The van der Waals surface area contributed by atoms with Gasteiger partial charge in [0, 0.05) is 0 Å². The fraction of sp³-hybridized carbons (Fsp3) is 0.556. The molecule has 0 heteroatoms. The average Bonchev–Trinajstić information content (AvgIpc) is 1.89. The summed E-state index contributed by atoms with van der Waals surface area (Å²) in [7, 11) is 0. The van der Waals surface area contributed by atoms with E-state index in [1.807, 2.05) is 0 Å². The van der Waals surface area contributed by atoms with Gasteiger partial charge in [0.15, 0.2) is 0 Å². The first kappa shape index (κ1) is 8.48. The van der Waals surface area contributed by atoms with Crippen molar-refractivity contribution in [3.8, 4) is 0 Å². The molecule has 0 saturated carbocycles. The molecule has 9 heavy (non-hydrogen) atoms. The van der Waals surface area contributed by atoms with Crippen LogP contribution in [0.15, 0.2) is 24.3 Å². The zero-order valence-electron chi connectivity index (χ0n) is 6.43. The van der Waals surface area contributed by atoms with E-state index < -0.39 is 0 Å². The van der Waals surface area contributed by atoms with Crippen LogP contribution in [0.2, 0.25) is 0 Å². The number of allylic oxidation sites excluding steroid dienone is 4. The summed E-state index contributed by atoms with van der Waals surface area (Å²) in [6.07, 6.45) is 12.3. The lowest BCUT2D eigenvalue weighted by atomic mass is 10.2. The maximum atomic E-state index is 2.24. The highest BCUT2D eigenvalue weighted by molar-refractivity contribution is 4.85. The molecule has 0 saturated heterocycles. The van der Waals surface area contributed by atoms with E-state index in [0.29, 0.717) is 0 Å². The van der Waals surface area contributed by atoms with Gasteiger partial charge in [-0.05, 0) is 26.2 Å². The molecule has 52 valence electrons. The molecule has 0 aliphatic heterocycles. The maximum Gasteiger partial charge on any atom is -0.0316 e. The van der Waals surface area contributed by atoms with Gasteiger partial charge in [-0.15, -0.1) is 0 Å². The van der Waals surface area contributed by atoms with Gasteiger partial charge in [-0.25, -0.2) is 0 Å². The summed E-state index contributed by atoms with van der Waals surface area (Å²) in [5, 5.41) is 0. The summed E-state index contributed by atoms with van der Waals surface area (Å²) >= 11 is 0. The Morgan fingerprint density at radius 2 is 1.67 bits per heavy atom. The van der Waals surface area contributed by atoms with Gasteiger partial charge < -0.3 is 0 Å². The van der Waals surface area contributed by atoms with Crippen LogP contribution in [-0.2, 0) is 0 Å². The number of rotatable bonds is 4. The van der Waals surface area contributed by atoms with Crippen molar-refractivity contribution in [1.29, 1.82) is 0 Å². The first-order valence-corrected chi connectivity index (χ1v) is 3.68. The van der Waals surface area contributed by atoms with Crippen molar-refractivity contribution in [1.82, 2.24) is 0 Å². The normalized spacial score (nSPS) is 11.8. The van der Waals surface area contributed by atoms with Crippen LogP contribution in [0.1, 0.15) is 33.1 Å². The highest BCUT2D eigenvalue weighted by atomic mass is 13.8. The average molecular weight is 124 g/mol. The van der Waals surface area contributed by atoms with Gasteiger partial charge in [0.05, 0.1) is 0 Å². The smallest absolute Gasteiger partial charge is 0.0316 e. The summed E-state index contributed by atoms with van der Waals surface area (Å²) in [4.78, 5) is 0. The zero-order chi connectivity index (χ0) is 6.95. The van der Waals surface area contributed by atoms with Gasteiger partial charge in [0.1, 0.15) is 0 Å². The molecule has 0 nitrogen and oxygen atoms in total. The Morgan fingerprint density at radius 3 is 2.22 bits per heavy atom. The Hall–Kier alpha value is -0.520. The lowest BCUT2D eigenvalue weighted by Crippen LogP contribution is -1.62. The van der Waals surface area contributed by atoms with E-state index in [9.17, 15) is 0 Å². The molecule has 0 bridgehead atoms. The summed E-state index contributed by atoms with van der Waals surface area (Å²) in [5.41, 5.74) is 0. The maximum absolute atomic E-state index is 2.24. The molecule has 0 radical (unpaired) electrons. The Bertz CT molecular complexity index is 88.2. The molecule has 0 aliphatic rings. The van der Waals surface area contributed by atoms with Crippen LogP contribution in [0.4, 0.5) is 0 Å². The van der Waals surface area contributed by atoms with Crippen LogP contribution in [0, 0.1) is 0 Å². The largest absolute Gasteiger partial charge is 0.0917 e. The van der Waals surface area contributed by atoms with Crippen molar-refractivity contribution in [2.75, 3.05) is 0 Å². The molecule has 0 aromatic heterocycles. The molecule has 0 spiro atoms. The Kier molecular flexibility index (Phi) is 7.05. The van der Waals surface area contributed by atoms with Crippen LogP contribution in [-0.4, -0.2) is 0 Å². The van der Waals surface area contributed by atoms with Gasteiger partial charge in [-0.3, -0.25) is 0 Å². The Balaban J connectivity index is 2.99. The quantitative estimate of drug-likeness (QED) is 0.398.